The lowest BCUT2D eigenvalue weighted by atomic mass is 10.1. The summed E-state index contributed by atoms with van der Waals surface area (Å²) in [7, 11) is 0. The summed E-state index contributed by atoms with van der Waals surface area (Å²) < 4.78 is 0.863. The van der Waals surface area contributed by atoms with Gasteiger partial charge < -0.3 is 5.32 Å². The normalized spacial score (nSPS) is 10.8. The lowest BCUT2D eigenvalue weighted by molar-refractivity contribution is -0.115. The van der Waals surface area contributed by atoms with Gasteiger partial charge >= 0.3 is 0 Å². The number of carbonyl (C=O) groups is 1. The number of carbonyl (C=O) groups excluding carboxylic acids is 1. The lowest BCUT2D eigenvalue weighted by Gasteiger charge is -2.05. The molecule has 24 heavy (non-hydrogen) atoms. The Hall–Kier alpha value is -1.70. The first kappa shape index (κ1) is 17.1. The Labute approximate surface area is 153 Å². The number of aryl methyl sites for hydroxylation is 2. The number of amides is 1. The monoisotopic (exact) mass is 375 g/mol. The molecule has 4 nitrogen and oxygen atoms in total. The number of anilines is 1. The molecular weight excluding hydrogens is 358 g/mol. The molecule has 3 rings (SSSR count). The molecule has 0 spiro atoms. The van der Waals surface area contributed by atoms with E-state index in [4.69, 9.17) is 0 Å². The van der Waals surface area contributed by atoms with Gasteiger partial charge in [0, 0.05) is 10.6 Å². The van der Waals surface area contributed by atoms with Crippen molar-refractivity contribution in [1.82, 2.24) is 10.2 Å². The number of rotatable bonds is 6. The molecule has 124 valence electrons. The van der Waals surface area contributed by atoms with Crippen LogP contribution in [0.1, 0.15) is 21.6 Å². The van der Waals surface area contributed by atoms with E-state index in [1.54, 1.807) is 23.1 Å². The maximum absolute atomic E-state index is 12.0. The van der Waals surface area contributed by atoms with Crippen molar-refractivity contribution < 1.29 is 4.79 Å². The van der Waals surface area contributed by atoms with Crippen molar-refractivity contribution >= 4 is 45.5 Å². The molecule has 0 bridgehead atoms. The Morgan fingerprint density at radius 2 is 2.12 bits per heavy atom. The van der Waals surface area contributed by atoms with Crippen LogP contribution in [0.4, 0.5) is 5.13 Å². The Bertz CT molecular complexity index is 827. The summed E-state index contributed by atoms with van der Waals surface area (Å²) in [4.78, 5) is 13.0. The van der Waals surface area contributed by atoms with Crippen LogP contribution in [0.2, 0.25) is 0 Å². The summed E-state index contributed by atoms with van der Waals surface area (Å²) >= 11 is 4.64. The summed E-state index contributed by atoms with van der Waals surface area (Å²) in [5.41, 5.74) is 3.84. The average molecular weight is 376 g/mol. The lowest BCUT2D eigenvalue weighted by Crippen LogP contribution is -2.13. The molecule has 0 saturated carbocycles. The molecule has 7 heteroatoms. The van der Waals surface area contributed by atoms with Crippen molar-refractivity contribution in [2.75, 3.05) is 5.32 Å². The van der Waals surface area contributed by atoms with Gasteiger partial charge in [-0.25, -0.2) is 0 Å². The topological polar surface area (TPSA) is 54.9 Å². The van der Waals surface area contributed by atoms with Crippen molar-refractivity contribution in [3.63, 3.8) is 0 Å². The van der Waals surface area contributed by atoms with Gasteiger partial charge in [0.15, 0.2) is 4.34 Å². The number of thioether (sulfide) groups is 1. The number of thiophene rings is 1. The molecular formula is C17H17N3OS3. The predicted molar refractivity (Wildman–Crippen MR) is 102 cm³/mol. The highest BCUT2D eigenvalue weighted by atomic mass is 32.2. The third kappa shape index (κ3) is 4.66. The van der Waals surface area contributed by atoms with Crippen molar-refractivity contribution in [3.05, 3.63) is 57.3 Å². The molecule has 0 aliphatic carbocycles. The van der Waals surface area contributed by atoms with E-state index >= 15 is 0 Å². The molecule has 2 aromatic heterocycles. The van der Waals surface area contributed by atoms with Gasteiger partial charge in [0.1, 0.15) is 0 Å². The van der Waals surface area contributed by atoms with E-state index in [2.05, 4.69) is 47.6 Å². The van der Waals surface area contributed by atoms with Gasteiger partial charge in [0.25, 0.3) is 0 Å². The second-order valence-electron chi connectivity index (χ2n) is 5.40. The zero-order chi connectivity index (χ0) is 16.9. The van der Waals surface area contributed by atoms with Crippen molar-refractivity contribution in [3.8, 4) is 0 Å². The standard InChI is InChI=1S/C17H17N3OS3/c1-11-5-6-12(2)13(8-11)10-23-17-20-19-16(24-17)18-15(21)9-14-4-3-7-22-14/h3-8H,9-10H2,1-2H3,(H,18,19,21). The van der Waals surface area contributed by atoms with Crippen molar-refractivity contribution in [1.29, 1.82) is 0 Å². The third-order valence-electron chi connectivity index (χ3n) is 3.42. The van der Waals surface area contributed by atoms with Crippen molar-refractivity contribution in [2.24, 2.45) is 0 Å². The molecule has 0 radical (unpaired) electrons. The molecule has 0 fully saturated rings. The zero-order valence-corrected chi connectivity index (χ0v) is 15.9. The van der Waals surface area contributed by atoms with Gasteiger partial charge in [0.05, 0.1) is 6.42 Å². The summed E-state index contributed by atoms with van der Waals surface area (Å²) in [5.74, 6) is 0.797. The van der Waals surface area contributed by atoms with Gasteiger partial charge in [-0.1, -0.05) is 52.9 Å². The molecule has 1 N–H and O–H groups in total. The fourth-order valence-electron chi connectivity index (χ4n) is 2.15. The van der Waals surface area contributed by atoms with Gasteiger partial charge in [-0.2, -0.15) is 0 Å². The molecule has 0 aliphatic heterocycles. The van der Waals surface area contributed by atoms with Gasteiger partial charge in [0.2, 0.25) is 11.0 Å². The van der Waals surface area contributed by atoms with Crippen LogP contribution in [0.3, 0.4) is 0 Å². The number of aromatic nitrogens is 2. The Balaban J connectivity index is 1.55. The number of nitrogens with one attached hydrogen (secondary N) is 1. The molecule has 0 saturated heterocycles. The minimum Gasteiger partial charge on any atom is -0.300 e. The summed E-state index contributed by atoms with van der Waals surface area (Å²) in [5, 5.41) is 13.6. The van der Waals surface area contributed by atoms with Crippen LogP contribution in [-0.4, -0.2) is 16.1 Å². The quantitative estimate of drug-likeness (QED) is 0.502. The van der Waals surface area contributed by atoms with E-state index in [9.17, 15) is 4.79 Å². The van der Waals surface area contributed by atoms with E-state index < -0.39 is 0 Å². The summed E-state index contributed by atoms with van der Waals surface area (Å²) in [6.07, 6.45) is 0.377. The summed E-state index contributed by atoms with van der Waals surface area (Å²) in [6.45, 7) is 4.21. The van der Waals surface area contributed by atoms with E-state index in [1.807, 2.05) is 17.5 Å². The SMILES string of the molecule is Cc1ccc(C)c(CSc2nnc(NC(=O)Cc3cccs3)s2)c1. The highest BCUT2D eigenvalue weighted by molar-refractivity contribution is 8.00. The second kappa shape index (κ2) is 7.92. The maximum atomic E-state index is 12.0. The zero-order valence-electron chi connectivity index (χ0n) is 13.4. The van der Waals surface area contributed by atoms with Crippen molar-refractivity contribution in [2.45, 2.75) is 30.4 Å². The number of hydrogen-bond acceptors (Lipinski definition) is 6. The Morgan fingerprint density at radius 1 is 1.25 bits per heavy atom. The van der Waals surface area contributed by atoms with Crippen LogP contribution < -0.4 is 5.32 Å². The fourth-order valence-corrected chi connectivity index (χ4v) is 4.68. The second-order valence-corrected chi connectivity index (χ2v) is 8.63. The third-order valence-corrected chi connectivity index (χ3v) is 6.32. The first-order chi connectivity index (χ1) is 11.6. The van der Waals surface area contributed by atoms with Crippen LogP contribution in [0.15, 0.2) is 40.1 Å². The molecule has 0 atom stereocenters. The van der Waals surface area contributed by atoms with Crippen LogP contribution >= 0.6 is 34.4 Å². The average Bonchev–Trinajstić information content (AvgIpc) is 3.20. The van der Waals surface area contributed by atoms with E-state index in [-0.39, 0.29) is 5.91 Å². The van der Waals surface area contributed by atoms with Crippen LogP contribution in [0, 0.1) is 13.8 Å². The number of hydrogen-bond donors (Lipinski definition) is 1. The minimum atomic E-state index is -0.0559. The Kier molecular flexibility index (Phi) is 5.65. The van der Waals surface area contributed by atoms with E-state index in [0.29, 0.717) is 11.6 Å². The Morgan fingerprint density at radius 3 is 2.92 bits per heavy atom. The predicted octanol–water partition coefficient (Wildman–Crippen LogP) is 4.69. The van der Waals surface area contributed by atoms with E-state index in [0.717, 1.165) is 15.0 Å². The molecule has 2 heterocycles. The van der Waals surface area contributed by atoms with Crippen LogP contribution in [-0.2, 0) is 17.0 Å². The minimum absolute atomic E-state index is 0.0559. The smallest absolute Gasteiger partial charge is 0.231 e. The number of nitrogens with zero attached hydrogens (tertiary/aromatic N) is 2. The number of benzene rings is 1. The highest BCUT2D eigenvalue weighted by Crippen LogP contribution is 2.29. The summed E-state index contributed by atoms with van der Waals surface area (Å²) in [6, 6.07) is 10.4. The highest BCUT2D eigenvalue weighted by Gasteiger charge is 2.10. The molecule has 3 aromatic rings. The van der Waals surface area contributed by atoms with Gasteiger partial charge in [-0.05, 0) is 36.4 Å². The molecule has 0 unspecified atom stereocenters. The molecule has 1 aromatic carbocycles. The maximum Gasteiger partial charge on any atom is 0.231 e. The van der Waals surface area contributed by atoms with E-state index in [1.165, 1.54) is 28.0 Å². The molecule has 0 aliphatic rings. The van der Waals surface area contributed by atoms with Crippen LogP contribution in [0.5, 0.6) is 0 Å². The van der Waals surface area contributed by atoms with Crippen LogP contribution in [0.25, 0.3) is 0 Å². The van der Waals surface area contributed by atoms with Gasteiger partial charge in [-0.3, -0.25) is 4.79 Å². The first-order valence-electron chi connectivity index (χ1n) is 7.45. The fraction of sp³-hybridized carbons (Fsp3) is 0.235. The van der Waals surface area contributed by atoms with Gasteiger partial charge in [-0.15, -0.1) is 21.5 Å². The first-order valence-corrected chi connectivity index (χ1v) is 10.1. The molecule has 1 amide bonds. The largest absolute Gasteiger partial charge is 0.300 e.